The molecule has 4 nitrogen and oxygen atoms in total. The van der Waals surface area contributed by atoms with Crippen LogP contribution in [0, 0.1) is 19.1 Å². The van der Waals surface area contributed by atoms with Crippen molar-refractivity contribution in [2.75, 3.05) is 0 Å². The van der Waals surface area contributed by atoms with Crippen molar-refractivity contribution < 1.29 is 21.1 Å². The molecular weight excluding hydrogens is 828 g/mol. The zero-order chi connectivity index (χ0) is 35.5. The molecule has 0 atom stereocenters. The summed E-state index contributed by atoms with van der Waals surface area (Å²) in [5.74, 6) is 0.879. The summed E-state index contributed by atoms with van der Waals surface area (Å²) in [6, 6.07) is 62.2. The largest absolute Gasteiger partial charge is 0.319 e. The summed E-state index contributed by atoms with van der Waals surface area (Å²) in [5, 5.41) is 2.31. The first-order valence-electron chi connectivity index (χ1n) is 17.9. The van der Waals surface area contributed by atoms with Crippen LogP contribution in [-0.4, -0.2) is 18.7 Å². The van der Waals surface area contributed by atoms with E-state index in [-0.39, 0.29) is 26.6 Å². The zero-order valence-corrected chi connectivity index (χ0v) is 32.5. The molecule has 6 aromatic carbocycles. The van der Waals surface area contributed by atoms with Crippen LogP contribution < -0.4 is 0 Å². The summed E-state index contributed by atoms with van der Waals surface area (Å²) in [5.41, 5.74) is 10.1. The second-order valence-corrected chi connectivity index (χ2v) is 14.6. The molecule has 0 aliphatic rings. The van der Waals surface area contributed by atoms with Gasteiger partial charge in [0, 0.05) is 56.0 Å². The number of rotatable bonds is 6. The SMILES string of the molecule is Cc1ccnc(-n2c3[c-]c(C(c4[c-]c(-n5[cH+]n(C(C)(C)C)c6ccccc65)ccc4)(c4ccccc4)c4ccccc4)ccc3c3ccccc32)c1.[Pt]. The first-order valence-corrected chi connectivity index (χ1v) is 17.9. The number of aryl methyl sites for hydroxylation is 1. The van der Waals surface area contributed by atoms with E-state index in [2.05, 4.69) is 205 Å². The number of nitrogens with zero attached hydrogens (tertiary/aromatic N) is 4. The van der Waals surface area contributed by atoms with Crippen molar-refractivity contribution in [1.82, 2.24) is 18.7 Å². The minimum absolute atomic E-state index is 0. The Labute approximate surface area is 325 Å². The van der Waals surface area contributed by atoms with Crippen LogP contribution in [0.2, 0.25) is 0 Å². The van der Waals surface area contributed by atoms with Gasteiger partial charge in [-0.05, 0) is 80.1 Å². The van der Waals surface area contributed by atoms with Gasteiger partial charge in [-0.15, -0.1) is 22.6 Å². The topological polar surface area (TPSA) is 27.7 Å². The number of para-hydroxylation sites is 3. The van der Waals surface area contributed by atoms with Crippen molar-refractivity contribution in [3.8, 4) is 11.5 Å². The first kappa shape index (κ1) is 34.5. The van der Waals surface area contributed by atoms with Crippen LogP contribution in [0.25, 0.3) is 44.3 Å². The van der Waals surface area contributed by atoms with Crippen molar-refractivity contribution in [3.05, 3.63) is 204 Å². The van der Waals surface area contributed by atoms with Crippen LogP contribution in [-0.2, 0) is 32.0 Å². The Morgan fingerprint density at radius 2 is 1.21 bits per heavy atom. The van der Waals surface area contributed by atoms with E-state index in [0.717, 1.165) is 61.3 Å². The Bertz CT molecular complexity index is 2700. The third-order valence-corrected chi connectivity index (χ3v) is 10.3. The maximum Gasteiger partial charge on any atom is 0.188 e. The molecule has 0 fully saturated rings. The number of benzene rings is 6. The van der Waals surface area contributed by atoms with E-state index in [4.69, 9.17) is 4.98 Å². The van der Waals surface area contributed by atoms with Gasteiger partial charge in [0.15, 0.2) is 17.4 Å². The molecule has 0 aliphatic carbocycles. The fourth-order valence-electron chi connectivity index (χ4n) is 7.96. The second-order valence-electron chi connectivity index (χ2n) is 14.6. The molecule has 9 rings (SSSR count). The number of imidazole rings is 1. The van der Waals surface area contributed by atoms with Gasteiger partial charge >= 0.3 is 0 Å². The quantitative estimate of drug-likeness (QED) is 0.121. The van der Waals surface area contributed by atoms with E-state index < -0.39 is 5.41 Å². The van der Waals surface area contributed by atoms with Gasteiger partial charge in [-0.1, -0.05) is 90.4 Å². The van der Waals surface area contributed by atoms with E-state index in [1.165, 1.54) is 10.9 Å². The van der Waals surface area contributed by atoms with Gasteiger partial charge < -0.3 is 4.57 Å². The standard InChI is InChI=1S/C48H39N4.Pt/c1-34-28-29-49-46(30-34)52-42-23-12-11-22-40(42)41-27-26-38(32-45(41)52)48(35-16-7-5-8-17-35,36-18-9-6-10-19-36)37-20-15-21-39(31-37)50-33-51(47(2,3)4)44-25-14-13-24-43(44)50;/h5-30,33H,1-4H3;/q-1;. The Morgan fingerprint density at radius 1 is 0.585 bits per heavy atom. The van der Waals surface area contributed by atoms with Gasteiger partial charge in [0.2, 0.25) is 0 Å². The summed E-state index contributed by atoms with van der Waals surface area (Å²) < 4.78 is 6.89. The normalized spacial score (nSPS) is 12.0. The summed E-state index contributed by atoms with van der Waals surface area (Å²) in [6.45, 7) is 8.86. The maximum absolute atomic E-state index is 4.87. The molecule has 0 aliphatic heterocycles. The molecule has 3 aromatic heterocycles. The summed E-state index contributed by atoms with van der Waals surface area (Å²) >= 11 is 0. The van der Waals surface area contributed by atoms with Gasteiger partial charge in [-0.25, -0.2) is 14.1 Å². The molecule has 3 heterocycles. The molecule has 262 valence electrons. The molecule has 0 N–H and O–H groups in total. The molecule has 0 saturated carbocycles. The van der Waals surface area contributed by atoms with Crippen molar-refractivity contribution in [2.24, 2.45) is 0 Å². The monoisotopic (exact) mass is 866 g/mol. The van der Waals surface area contributed by atoms with E-state index in [1.54, 1.807) is 0 Å². The smallest absolute Gasteiger partial charge is 0.188 e. The van der Waals surface area contributed by atoms with Crippen LogP contribution >= 0.6 is 0 Å². The van der Waals surface area contributed by atoms with Gasteiger partial charge in [-0.2, -0.15) is 30.3 Å². The van der Waals surface area contributed by atoms with E-state index in [9.17, 15) is 0 Å². The predicted octanol–water partition coefficient (Wildman–Crippen LogP) is 11.2. The van der Waals surface area contributed by atoms with Gasteiger partial charge in [0.1, 0.15) is 5.82 Å². The van der Waals surface area contributed by atoms with Gasteiger partial charge in [0.25, 0.3) is 0 Å². The minimum atomic E-state index is -0.753. The summed E-state index contributed by atoms with van der Waals surface area (Å²) in [4.78, 5) is 4.87. The number of aromatic nitrogens is 4. The average Bonchev–Trinajstić information content (AvgIpc) is 3.73. The summed E-state index contributed by atoms with van der Waals surface area (Å²) in [7, 11) is 0. The molecule has 9 aromatic rings. The molecule has 5 heteroatoms. The number of fused-ring (bicyclic) bond motifs is 4. The minimum Gasteiger partial charge on any atom is -0.319 e. The maximum atomic E-state index is 4.87. The van der Waals surface area contributed by atoms with Gasteiger partial charge in [-0.3, -0.25) is 0 Å². The van der Waals surface area contributed by atoms with Crippen molar-refractivity contribution in [1.29, 1.82) is 0 Å². The Hall–Kier alpha value is -5.57. The van der Waals surface area contributed by atoms with Crippen LogP contribution in [0.4, 0.5) is 0 Å². The fraction of sp³-hybridized carbons (Fsp3) is 0.125. The molecular formula is C48H39N4Pt-. The van der Waals surface area contributed by atoms with E-state index in [0.29, 0.717) is 0 Å². The number of hydrogen-bond acceptors (Lipinski definition) is 1. The molecule has 0 spiro atoms. The molecule has 0 saturated heterocycles. The molecule has 0 unspecified atom stereocenters. The molecule has 53 heavy (non-hydrogen) atoms. The van der Waals surface area contributed by atoms with Crippen molar-refractivity contribution in [2.45, 2.75) is 38.6 Å². The number of hydrogen-bond donors (Lipinski definition) is 0. The average molecular weight is 867 g/mol. The molecule has 0 radical (unpaired) electrons. The van der Waals surface area contributed by atoms with E-state index >= 15 is 0 Å². The molecule has 0 bridgehead atoms. The zero-order valence-electron chi connectivity index (χ0n) is 30.2. The second kappa shape index (κ2) is 13.4. The summed E-state index contributed by atoms with van der Waals surface area (Å²) in [6.07, 6.45) is 4.11. The third kappa shape index (κ3) is 5.64. The first-order chi connectivity index (χ1) is 25.3. The van der Waals surface area contributed by atoms with Crippen molar-refractivity contribution in [3.63, 3.8) is 0 Å². The Morgan fingerprint density at radius 3 is 1.89 bits per heavy atom. The predicted molar refractivity (Wildman–Crippen MR) is 214 cm³/mol. The van der Waals surface area contributed by atoms with E-state index in [1.807, 2.05) is 12.3 Å². The Balaban J connectivity index is 0.00000400. The van der Waals surface area contributed by atoms with Gasteiger partial charge in [0.05, 0.1) is 5.54 Å². The third-order valence-electron chi connectivity index (χ3n) is 10.3. The van der Waals surface area contributed by atoms with Crippen LogP contribution in [0.3, 0.4) is 0 Å². The van der Waals surface area contributed by atoms with Crippen LogP contribution in [0.15, 0.2) is 164 Å². The van der Waals surface area contributed by atoms with Crippen LogP contribution in [0.5, 0.6) is 0 Å². The Kier molecular flexibility index (Phi) is 8.75. The van der Waals surface area contributed by atoms with Crippen LogP contribution in [0.1, 0.15) is 48.6 Å². The number of pyridine rings is 1. The fourth-order valence-corrected chi connectivity index (χ4v) is 7.96. The molecule has 0 amide bonds. The van der Waals surface area contributed by atoms with Crippen molar-refractivity contribution >= 4 is 32.8 Å².